The second-order valence-corrected chi connectivity index (χ2v) is 13.8. The van der Waals surface area contributed by atoms with Gasteiger partial charge in [0.1, 0.15) is 10.4 Å². The lowest BCUT2D eigenvalue weighted by atomic mass is 10.1. The predicted octanol–water partition coefficient (Wildman–Crippen LogP) is 6.41. The Hall–Kier alpha value is -3.76. The van der Waals surface area contributed by atoms with Crippen molar-refractivity contribution in [1.82, 2.24) is 0 Å². The van der Waals surface area contributed by atoms with Gasteiger partial charge in [-0.25, -0.2) is 0 Å². The van der Waals surface area contributed by atoms with Gasteiger partial charge >= 0.3 is 5.97 Å². The van der Waals surface area contributed by atoms with Gasteiger partial charge in [0.2, 0.25) is 5.52 Å². The lowest BCUT2D eigenvalue weighted by Crippen LogP contribution is -3.00. The van der Waals surface area contributed by atoms with Crippen LogP contribution >= 0.6 is 34.9 Å². The molecule has 0 aliphatic carbocycles. The molecular weight excluding hydrogens is 695 g/mol. The molecule has 8 rings (SSSR count). The number of hydrogen-bond acceptors (Lipinski definition) is 7. The van der Waals surface area contributed by atoms with E-state index in [0.717, 1.165) is 39.2 Å². The zero-order valence-electron chi connectivity index (χ0n) is 25.4. The fraction of sp³-hybridized carbons (Fsp3) is 0.135. The molecule has 1 aromatic heterocycles. The number of rotatable bonds is 5. The number of nitrogens with zero attached hydrogens (tertiary/aromatic N) is 2. The molecule has 0 saturated heterocycles. The molecule has 232 valence electrons. The van der Waals surface area contributed by atoms with Gasteiger partial charge in [0.05, 0.1) is 33.9 Å². The molecule has 0 saturated carbocycles. The van der Waals surface area contributed by atoms with E-state index < -0.39 is 0 Å². The zero-order valence-corrected chi connectivity index (χ0v) is 29.4. The number of thiazole rings is 1. The Morgan fingerprint density at radius 3 is 2.52 bits per heavy atom. The van der Waals surface area contributed by atoms with Gasteiger partial charge in [0, 0.05) is 34.7 Å². The Morgan fingerprint density at radius 1 is 0.913 bits per heavy atom. The Kier molecular flexibility index (Phi) is 10.0. The van der Waals surface area contributed by atoms with Gasteiger partial charge < -0.3 is 31.9 Å². The fourth-order valence-corrected chi connectivity index (χ4v) is 8.91. The first-order chi connectivity index (χ1) is 22.1. The smallest absolute Gasteiger partial charge is 0.308 e. The Bertz CT molecular complexity index is 2050. The van der Waals surface area contributed by atoms with E-state index in [1.54, 1.807) is 23.1 Å². The number of carbonyl (C=O) groups is 1. The van der Waals surface area contributed by atoms with Gasteiger partial charge in [0.15, 0.2) is 6.54 Å². The van der Waals surface area contributed by atoms with E-state index in [1.807, 2.05) is 42.1 Å². The van der Waals surface area contributed by atoms with Crippen LogP contribution in [0.3, 0.4) is 0 Å². The van der Waals surface area contributed by atoms with E-state index in [2.05, 4.69) is 107 Å². The van der Waals surface area contributed by atoms with Crippen LogP contribution in [0.25, 0.3) is 27.1 Å². The van der Waals surface area contributed by atoms with Crippen LogP contribution in [0.15, 0.2) is 124 Å². The summed E-state index contributed by atoms with van der Waals surface area (Å²) in [5.74, 6) is 1.39. The average molecular weight is 727 g/mol. The SMILES string of the molecule is CC(=O)Oc1ccccc1C[n+]1c(C=C2Nc3ccccc3S2)sc2ccccc21.CCN1CSc2ccc3ccccc3c21.[Br-]. The van der Waals surface area contributed by atoms with E-state index in [9.17, 15) is 4.79 Å². The number of hydrogen-bond donors (Lipinski definition) is 1. The summed E-state index contributed by atoms with van der Waals surface area (Å²) in [5, 5.41) is 8.48. The number of esters is 1. The highest BCUT2D eigenvalue weighted by atomic mass is 79.9. The van der Waals surface area contributed by atoms with Crippen molar-refractivity contribution in [2.24, 2.45) is 0 Å². The lowest BCUT2D eigenvalue weighted by molar-refractivity contribution is -0.659. The maximum atomic E-state index is 11.5. The van der Waals surface area contributed by atoms with Crippen molar-refractivity contribution in [2.75, 3.05) is 22.6 Å². The standard InChI is InChI=1S/C24H18N2O2S2.C13H13NS.BrH/c1-16(27)28-20-11-5-2-8-17(20)15-26-19-10-4-7-13-22(19)30-24(26)14-23-25-18-9-3-6-12-21(18)29-23;1-2-14-9-15-12-8-7-10-5-3-4-6-11(10)13(12)14;/h2-14H,15H2,1H3;3-8H,2,9H2,1H3;1H. The monoisotopic (exact) mass is 725 g/mol. The summed E-state index contributed by atoms with van der Waals surface area (Å²) >= 11 is 5.44. The molecular formula is C37H32BrN3O2S3. The number of anilines is 2. The third kappa shape index (κ3) is 6.69. The molecule has 0 radical (unpaired) electrons. The fourth-order valence-electron chi connectivity index (χ4n) is 5.64. The molecule has 0 unspecified atom stereocenters. The molecule has 3 heterocycles. The van der Waals surface area contributed by atoms with Gasteiger partial charge in [0.25, 0.3) is 5.01 Å². The van der Waals surface area contributed by atoms with E-state index in [0.29, 0.717) is 12.3 Å². The summed E-state index contributed by atoms with van der Waals surface area (Å²) in [6.45, 7) is 5.36. The van der Waals surface area contributed by atoms with Crippen molar-refractivity contribution in [3.63, 3.8) is 0 Å². The van der Waals surface area contributed by atoms with E-state index in [-0.39, 0.29) is 23.0 Å². The minimum Gasteiger partial charge on any atom is -1.00 e. The second-order valence-electron chi connectivity index (χ2n) is 10.7. The number of fused-ring (bicyclic) bond motifs is 5. The van der Waals surface area contributed by atoms with Crippen molar-refractivity contribution < 1.29 is 31.1 Å². The first-order valence-corrected chi connectivity index (χ1v) is 17.5. The van der Waals surface area contributed by atoms with Gasteiger partial charge in [-0.05, 0) is 48.7 Å². The summed E-state index contributed by atoms with van der Waals surface area (Å²) in [4.78, 5) is 16.6. The molecule has 5 aromatic carbocycles. The van der Waals surface area contributed by atoms with Gasteiger partial charge in [-0.15, -0.1) is 11.8 Å². The Labute approximate surface area is 292 Å². The maximum Gasteiger partial charge on any atom is 0.308 e. The molecule has 2 aliphatic rings. The van der Waals surface area contributed by atoms with Crippen LogP contribution < -0.4 is 36.5 Å². The maximum absolute atomic E-state index is 11.5. The normalized spacial score (nSPS) is 13.9. The van der Waals surface area contributed by atoms with Crippen LogP contribution in [-0.4, -0.2) is 18.4 Å². The number of para-hydroxylation sites is 3. The van der Waals surface area contributed by atoms with Gasteiger partial charge in [-0.1, -0.05) is 89.8 Å². The molecule has 0 bridgehead atoms. The summed E-state index contributed by atoms with van der Waals surface area (Å²) in [5.41, 5.74) is 4.70. The first kappa shape index (κ1) is 32.2. The molecule has 46 heavy (non-hydrogen) atoms. The zero-order chi connectivity index (χ0) is 30.8. The molecule has 0 spiro atoms. The van der Waals surface area contributed by atoms with Crippen LogP contribution in [0.5, 0.6) is 5.75 Å². The van der Waals surface area contributed by atoms with Crippen LogP contribution in [0.4, 0.5) is 11.4 Å². The molecule has 2 aliphatic heterocycles. The van der Waals surface area contributed by atoms with Crippen molar-refractivity contribution >= 4 is 79.3 Å². The number of benzene rings is 5. The molecule has 0 fully saturated rings. The number of thioether (sulfide) groups is 2. The van der Waals surface area contributed by atoms with Crippen LogP contribution in [-0.2, 0) is 11.3 Å². The Balaban J connectivity index is 0.000000195. The minimum absolute atomic E-state index is 0. The highest BCUT2D eigenvalue weighted by Gasteiger charge is 2.24. The largest absolute Gasteiger partial charge is 1.00 e. The van der Waals surface area contributed by atoms with Gasteiger partial charge in [-0.3, -0.25) is 4.79 Å². The van der Waals surface area contributed by atoms with Crippen LogP contribution in [0.2, 0.25) is 0 Å². The van der Waals surface area contributed by atoms with Crippen LogP contribution in [0.1, 0.15) is 24.4 Å². The van der Waals surface area contributed by atoms with E-state index in [1.165, 1.54) is 37.9 Å². The molecule has 9 heteroatoms. The number of halogens is 1. The van der Waals surface area contributed by atoms with Crippen molar-refractivity contribution in [3.8, 4) is 5.75 Å². The summed E-state index contributed by atoms with van der Waals surface area (Å²) < 4.78 is 8.94. The van der Waals surface area contributed by atoms with E-state index in [4.69, 9.17) is 4.74 Å². The first-order valence-electron chi connectivity index (χ1n) is 14.9. The predicted molar refractivity (Wildman–Crippen MR) is 190 cm³/mol. The molecule has 6 aromatic rings. The Morgan fingerprint density at radius 2 is 1.67 bits per heavy atom. The molecule has 1 N–H and O–H groups in total. The molecule has 5 nitrogen and oxygen atoms in total. The lowest BCUT2D eigenvalue weighted by Gasteiger charge is -2.17. The molecule has 0 atom stereocenters. The minimum atomic E-state index is -0.311. The number of ether oxygens (including phenoxy) is 1. The van der Waals surface area contributed by atoms with Crippen molar-refractivity contribution in [3.05, 3.63) is 125 Å². The summed E-state index contributed by atoms with van der Waals surface area (Å²) in [6, 6.07) is 37.5. The quantitative estimate of drug-likeness (QED) is 0.126. The molecule has 0 amide bonds. The van der Waals surface area contributed by atoms with Crippen molar-refractivity contribution in [1.29, 1.82) is 0 Å². The summed E-state index contributed by atoms with van der Waals surface area (Å²) in [7, 11) is 0. The third-order valence-corrected chi connectivity index (χ3v) is 11.0. The number of carbonyl (C=O) groups excluding carboxylic acids is 1. The summed E-state index contributed by atoms with van der Waals surface area (Å²) in [6.07, 6.45) is 2.20. The topological polar surface area (TPSA) is 45.5 Å². The highest BCUT2D eigenvalue weighted by molar-refractivity contribution is 8.03. The van der Waals surface area contributed by atoms with E-state index >= 15 is 0 Å². The third-order valence-electron chi connectivity index (χ3n) is 7.75. The number of aromatic nitrogens is 1. The second kappa shape index (κ2) is 14.3. The van der Waals surface area contributed by atoms with Gasteiger partial charge in [-0.2, -0.15) is 4.57 Å². The van der Waals surface area contributed by atoms with Crippen molar-refractivity contribution in [2.45, 2.75) is 30.2 Å². The number of nitrogens with one attached hydrogen (secondary N) is 1. The average Bonchev–Trinajstić information content (AvgIpc) is 3.77. The highest BCUT2D eigenvalue weighted by Crippen LogP contribution is 2.43. The van der Waals surface area contributed by atoms with Crippen LogP contribution in [0, 0.1) is 0 Å².